The molecule has 0 aromatic carbocycles. The van der Waals surface area contributed by atoms with E-state index in [4.69, 9.17) is 5.11 Å². The molecule has 1 heterocycles. The summed E-state index contributed by atoms with van der Waals surface area (Å²) in [4.78, 5) is 11.0. The fourth-order valence-corrected chi connectivity index (χ4v) is 2.42. The lowest BCUT2D eigenvalue weighted by molar-refractivity contribution is -0.139. The molecular formula is C13H25NO2. The summed E-state index contributed by atoms with van der Waals surface area (Å²) < 4.78 is 0. The third-order valence-electron chi connectivity index (χ3n) is 4.27. The van der Waals surface area contributed by atoms with Gasteiger partial charge in [-0.2, -0.15) is 0 Å². The van der Waals surface area contributed by atoms with E-state index >= 15 is 0 Å². The summed E-state index contributed by atoms with van der Waals surface area (Å²) in [6, 6.07) is -0.338. The van der Waals surface area contributed by atoms with E-state index in [1.165, 1.54) is 6.42 Å². The molecule has 2 N–H and O–H groups in total. The van der Waals surface area contributed by atoms with E-state index in [-0.39, 0.29) is 6.04 Å². The van der Waals surface area contributed by atoms with Crippen LogP contribution in [0.2, 0.25) is 0 Å². The topological polar surface area (TPSA) is 49.3 Å². The number of hydrogen-bond acceptors (Lipinski definition) is 2. The molecule has 0 amide bonds. The Hall–Kier alpha value is -0.570. The summed E-state index contributed by atoms with van der Waals surface area (Å²) >= 11 is 0. The van der Waals surface area contributed by atoms with Crippen molar-refractivity contribution in [2.75, 3.05) is 6.54 Å². The molecule has 0 bridgehead atoms. The summed E-state index contributed by atoms with van der Waals surface area (Å²) in [5.41, 5.74) is 0.362. The van der Waals surface area contributed by atoms with Crippen molar-refractivity contribution in [3.05, 3.63) is 0 Å². The van der Waals surface area contributed by atoms with E-state index in [0.717, 1.165) is 32.2 Å². The lowest BCUT2D eigenvalue weighted by Crippen LogP contribution is -2.38. The molecule has 0 saturated carbocycles. The van der Waals surface area contributed by atoms with Gasteiger partial charge in [0, 0.05) is 0 Å². The molecule has 1 saturated heterocycles. The first-order valence-electron chi connectivity index (χ1n) is 6.42. The Morgan fingerprint density at radius 2 is 2.06 bits per heavy atom. The van der Waals surface area contributed by atoms with Gasteiger partial charge in [0.05, 0.1) is 0 Å². The number of carbonyl (C=O) groups is 1. The van der Waals surface area contributed by atoms with E-state index in [2.05, 4.69) is 26.1 Å². The Morgan fingerprint density at radius 3 is 2.62 bits per heavy atom. The monoisotopic (exact) mass is 227 g/mol. The molecule has 94 valence electrons. The average molecular weight is 227 g/mol. The highest BCUT2D eigenvalue weighted by atomic mass is 16.4. The molecule has 16 heavy (non-hydrogen) atoms. The van der Waals surface area contributed by atoms with Crippen LogP contribution in [0.25, 0.3) is 0 Å². The Morgan fingerprint density at radius 1 is 1.38 bits per heavy atom. The lowest BCUT2D eigenvalue weighted by atomic mass is 9.73. The van der Waals surface area contributed by atoms with Crippen LogP contribution in [-0.2, 0) is 4.79 Å². The van der Waals surface area contributed by atoms with Gasteiger partial charge >= 0.3 is 5.97 Å². The van der Waals surface area contributed by atoms with Crippen molar-refractivity contribution in [3.8, 4) is 0 Å². The maximum atomic E-state index is 11.0. The van der Waals surface area contributed by atoms with Crippen molar-refractivity contribution >= 4 is 5.97 Å². The minimum Gasteiger partial charge on any atom is -0.480 e. The Labute approximate surface area is 98.6 Å². The second kappa shape index (κ2) is 5.67. The summed E-state index contributed by atoms with van der Waals surface area (Å²) in [5.74, 6) is -0.0381. The fraction of sp³-hybridized carbons (Fsp3) is 0.923. The minimum atomic E-state index is -0.701. The zero-order chi connectivity index (χ0) is 12.2. The molecule has 2 unspecified atom stereocenters. The van der Waals surface area contributed by atoms with E-state index in [1.807, 2.05) is 0 Å². The fourth-order valence-electron chi connectivity index (χ4n) is 2.42. The largest absolute Gasteiger partial charge is 0.480 e. The SMILES string of the molecule is CC(C)C1(C)CCCCC(C(=O)O)NCC1. The number of nitrogens with one attached hydrogen (secondary N) is 1. The normalized spacial score (nSPS) is 32.9. The van der Waals surface area contributed by atoms with Gasteiger partial charge in [-0.3, -0.25) is 4.79 Å². The van der Waals surface area contributed by atoms with Crippen LogP contribution < -0.4 is 5.32 Å². The number of carboxylic acids is 1. The van der Waals surface area contributed by atoms with Crippen molar-refractivity contribution in [2.45, 2.75) is 58.9 Å². The Kier molecular flexibility index (Phi) is 4.78. The van der Waals surface area contributed by atoms with Gasteiger partial charge in [0.25, 0.3) is 0 Å². The molecule has 2 atom stereocenters. The molecular weight excluding hydrogens is 202 g/mol. The summed E-state index contributed by atoms with van der Waals surface area (Å²) in [5, 5.41) is 12.2. The molecule has 1 aliphatic heterocycles. The van der Waals surface area contributed by atoms with Crippen LogP contribution in [0.3, 0.4) is 0 Å². The molecule has 0 aromatic heterocycles. The Balaban J connectivity index is 2.59. The molecule has 1 rings (SSSR count). The highest BCUT2D eigenvalue weighted by Gasteiger charge is 2.29. The summed E-state index contributed by atoms with van der Waals surface area (Å²) in [6.45, 7) is 7.70. The zero-order valence-corrected chi connectivity index (χ0v) is 10.8. The molecule has 0 radical (unpaired) electrons. The van der Waals surface area contributed by atoms with Crippen LogP contribution in [0.15, 0.2) is 0 Å². The molecule has 1 fully saturated rings. The second-order valence-electron chi connectivity index (χ2n) is 5.65. The number of aliphatic carboxylic acids is 1. The van der Waals surface area contributed by atoms with Crippen molar-refractivity contribution in [1.82, 2.24) is 5.32 Å². The first kappa shape index (κ1) is 13.5. The quantitative estimate of drug-likeness (QED) is 0.762. The predicted octanol–water partition coefficient (Wildman–Crippen LogP) is 2.66. The van der Waals surface area contributed by atoms with Gasteiger partial charge in [-0.1, -0.05) is 33.6 Å². The number of carboxylic acid groups (broad SMARTS) is 1. The highest BCUT2D eigenvalue weighted by Crippen LogP contribution is 2.37. The molecule has 0 aromatic rings. The maximum absolute atomic E-state index is 11.0. The van der Waals surface area contributed by atoms with Crippen molar-refractivity contribution in [3.63, 3.8) is 0 Å². The van der Waals surface area contributed by atoms with Crippen molar-refractivity contribution in [2.24, 2.45) is 11.3 Å². The summed E-state index contributed by atoms with van der Waals surface area (Å²) in [7, 11) is 0. The van der Waals surface area contributed by atoms with Crippen molar-refractivity contribution < 1.29 is 9.90 Å². The van der Waals surface area contributed by atoms with E-state index in [1.54, 1.807) is 0 Å². The van der Waals surface area contributed by atoms with Crippen LogP contribution in [0.1, 0.15) is 52.9 Å². The van der Waals surface area contributed by atoms with Crippen molar-refractivity contribution in [1.29, 1.82) is 0 Å². The molecule has 0 spiro atoms. The first-order valence-corrected chi connectivity index (χ1v) is 6.42. The van der Waals surface area contributed by atoms with Crippen LogP contribution in [0, 0.1) is 11.3 Å². The smallest absolute Gasteiger partial charge is 0.320 e. The third-order valence-corrected chi connectivity index (χ3v) is 4.27. The molecule has 3 heteroatoms. The first-order chi connectivity index (χ1) is 7.46. The van der Waals surface area contributed by atoms with Gasteiger partial charge in [0.15, 0.2) is 0 Å². The average Bonchev–Trinajstić information content (AvgIpc) is 2.29. The van der Waals surface area contributed by atoms with Gasteiger partial charge in [-0.05, 0) is 37.1 Å². The van der Waals surface area contributed by atoms with Crippen LogP contribution in [0.5, 0.6) is 0 Å². The third kappa shape index (κ3) is 3.48. The minimum absolute atomic E-state index is 0.338. The lowest BCUT2D eigenvalue weighted by Gasteiger charge is -2.33. The van der Waals surface area contributed by atoms with E-state index in [0.29, 0.717) is 11.3 Å². The second-order valence-corrected chi connectivity index (χ2v) is 5.65. The van der Waals surface area contributed by atoms with Crippen LogP contribution in [0.4, 0.5) is 0 Å². The van der Waals surface area contributed by atoms with Gasteiger partial charge in [-0.15, -0.1) is 0 Å². The summed E-state index contributed by atoms with van der Waals surface area (Å²) in [6.07, 6.45) is 5.24. The highest BCUT2D eigenvalue weighted by molar-refractivity contribution is 5.73. The van der Waals surface area contributed by atoms with E-state index in [9.17, 15) is 4.79 Å². The number of hydrogen-bond donors (Lipinski definition) is 2. The Bertz CT molecular complexity index is 240. The zero-order valence-electron chi connectivity index (χ0n) is 10.8. The van der Waals surface area contributed by atoms with Gasteiger partial charge in [0.1, 0.15) is 6.04 Å². The molecule has 1 aliphatic rings. The van der Waals surface area contributed by atoms with Gasteiger partial charge in [0.2, 0.25) is 0 Å². The predicted molar refractivity (Wildman–Crippen MR) is 65.5 cm³/mol. The molecule has 3 nitrogen and oxygen atoms in total. The molecule has 0 aliphatic carbocycles. The van der Waals surface area contributed by atoms with Gasteiger partial charge in [-0.25, -0.2) is 0 Å². The van der Waals surface area contributed by atoms with Crippen LogP contribution in [-0.4, -0.2) is 23.7 Å². The van der Waals surface area contributed by atoms with Crippen LogP contribution >= 0.6 is 0 Å². The van der Waals surface area contributed by atoms with Gasteiger partial charge < -0.3 is 10.4 Å². The van der Waals surface area contributed by atoms with E-state index < -0.39 is 5.97 Å². The maximum Gasteiger partial charge on any atom is 0.320 e. The number of rotatable bonds is 2. The standard InChI is InChI=1S/C13H25NO2/c1-10(2)13(3)7-5-4-6-11(12(15)16)14-9-8-13/h10-11,14H,4-9H2,1-3H3,(H,15,16).